The zero-order valence-electron chi connectivity index (χ0n) is 14.0. The summed E-state index contributed by atoms with van der Waals surface area (Å²) in [5, 5.41) is 3.81. The highest BCUT2D eigenvalue weighted by atomic mass is 16.2. The summed E-state index contributed by atoms with van der Waals surface area (Å²) in [5.41, 5.74) is 7.41. The molecule has 0 radical (unpaired) electrons. The van der Waals surface area contributed by atoms with Crippen LogP contribution < -0.4 is 11.1 Å². The van der Waals surface area contributed by atoms with Crippen LogP contribution >= 0.6 is 0 Å². The van der Waals surface area contributed by atoms with Gasteiger partial charge in [0.2, 0.25) is 5.91 Å². The lowest BCUT2D eigenvalue weighted by Crippen LogP contribution is -2.51. The van der Waals surface area contributed by atoms with E-state index in [0.717, 1.165) is 31.3 Å². The average molecular weight is 328 g/mol. The van der Waals surface area contributed by atoms with Gasteiger partial charge in [-0.25, -0.2) is 4.79 Å². The van der Waals surface area contributed by atoms with Gasteiger partial charge in [0.25, 0.3) is 0 Å². The Morgan fingerprint density at radius 3 is 2.88 bits per heavy atom. The number of para-hydroxylation sites is 1. The molecule has 0 spiro atoms. The number of hydrogen-bond acceptors (Lipinski definition) is 2. The number of carbonyl (C=O) groups excluding carboxylic acids is 2. The van der Waals surface area contributed by atoms with Gasteiger partial charge in [-0.1, -0.05) is 18.2 Å². The Balaban J connectivity index is 1.75. The number of nitrogens with one attached hydrogen (secondary N) is 1. The average Bonchev–Trinajstić information content (AvgIpc) is 2.89. The molecule has 3 amide bonds. The van der Waals surface area contributed by atoms with Gasteiger partial charge >= 0.3 is 6.03 Å². The maximum atomic E-state index is 12.8. The van der Waals surface area contributed by atoms with Gasteiger partial charge in [-0.2, -0.15) is 0 Å². The van der Waals surface area contributed by atoms with Crippen LogP contribution in [0, 0.1) is 6.92 Å². The first-order chi connectivity index (χ1) is 11.6. The number of rotatable bonds is 4. The molecule has 1 aliphatic rings. The summed E-state index contributed by atoms with van der Waals surface area (Å²) >= 11 is 0. The highest BCUT2D eigenvalue weighted by Crippen LogP contribution is 2.22. The lowest BCUT2D eigenvalue weighted by atomic mass is 10.0. The Morgan fingerprint density at radius 2 is 2.08 bits per heavy atom. The first-order valence-corrected chi connectivity index (χ1v) is 8.43. The Bertz CT molecular complexity index is 753. The number of fused-ring (bicyclic) bond motifs is 1. The molecular weight excluding hydrogens is 304 g/mol. The predicted molar refractivity (Wildman–Crippen MR) is 93.6 cm³/mol. The van der Waals surface area contributed by atoms with E-state index in [2.05, 4.69) is 18.3 Å². The molecule has 2 heterocycles. The van der Waals surface area contributed by atoms with E-state index < -0.39 is 6.03 Å². The number of carbonyl (C=O) groups is 2. The molecule has 1 atom stereocenters. The number of nitrogens with two attached hydrogens (primary N) is 1. The largest absolute Gasteiger partial charge is 0.352 e. The van der Waals surface area contributed by atoms with Crippen LogP contribution in [0.5, 0.6) is 0 Å². The van der Waals surface area contributed by atoms with Crippen LogP contribution in [-0.2, 0) is 11.3 Å². The minimum Gasteiger partial charge on any atom is -0.352 e. The van der Waals surface area contributed by atoms with Crippen LogP contribution in [-0.4, -0.2) is 40.5 Å². The number of nitrogens with zero attached hydrogens (tertiary/aromatic N) is 2. The molecule has 128 valence electrons. The molecular formula is C18H24N4O2. The molecule has 1 saturated heterocycles. The summed E-state index contributed by atoms with van der Waals surface area (Å²) < 4.78 is 2.01. The minimum absolute atomic E-state index is 0.0293. The topological polar surface area (TPSA) is 80.4 Å². The quantitative estimate of drug-likeness (QED) is 0.900. The SMILES string of the molecule is Cc1cn(CC(=O)N2CCCCC2CNC(N)=O)c2ccccc12. The summed E-state index contributed by atoms with van der Waals surface area (Å²) in [6.07, 6.45) is 5.01. The van der Waals surface area contributed by atoms with Crippen molar-refractivity contribution in [3.05, 3.63) is 36.0 Å². The van der Waals surface area contributed by atoms with Crippen molar-refractivity contribution in [3.8, 4) is 0 Å². The van der Waals surface area contributed by atoms with Gasteiger partial charge in [0.15, 0.2) is 0 Å². The number of piperidine rings is 1. The molecule has 24 heavy (non-hydrogen) atoms. The van der Waals surface area contributed by atoms with Crippen LogP contribution in [0.15, 0.2) is 30.5 Å². The number of aryl methyl sites for hydroxylation is 1. The van der Waals surface area contributed by atoms with Gasteiger partial charge in [-0.3, -0.25) is 4.79 Å². The highest BCUT2D eigenvalue weighted by Gasteiger charge is 2.27. The molecule has 2 aromatic rings. The number of likely N-dealkylation sites (tertiary alicyclic amines) is 1. The molecule has 6 heteroatoms. The number of primary amides is 1. The van der Waals surface area contributed by atoms with Gasteiger partial charge in [0, 0.05) is 36.2 Å². The Morgan fingerprint density at radius 1 is 1.29 bits per heavy atom. The predicted octanol–water partition coefficient (Wildman–Crippen LogP) is 2.00. The number of hydrogen-bond donors (Lipinski definition) is 2. The molecule has 6 nitrogen and oxygen atoms in total. The molecule has 1 aromatic heterocycles. The Labute approximate surface area is 141 Å². The Hall–Kier alpha value is -2.50. The van der Waals surface area contributed by atoms with Crippen LogP contribution in [0.1, 0.15) is 24.8 Å². The second-order valence-corrected chi connectivity index (χ2v) is 6.44. The lowest BCUT2D eigenvalue weighted by molar-refractivity contribution is -0.135. The fourth-order valence-corrected chi connectivity index (χ4v) is 3.56. The lowest BCUT2D eigenvalue weighted by Gasteiger charge is -2.36. The van der Waals surface area contributed by atoms with Crippen LogP contribution in [0.3, 0.4) is 0 Å². The van der Waals surface area contributed by atoms with Gasteiger partial charge in [0.05, 0.1) is 0 Å². The summed E-state index contributed by atoms with van der Waals surface area (Å²) in [6.45, 7) is 3.54. The third kappa shape index (κ3) is 3.37. The highest BCUT2D eigenvalue weighted by molar-refractivity contribution is 5.86. The van der Waals surface area contributed by atoms with E-state index in [1.165, 1.54) is 10.9 Å². The van der Waals surface area contributed by atoms with Crippen molar-refractivity contribution in [1.82, 2.24) is 14.8 Å². The number of benzene rings is 1. The molecule has 0 bridgehead atoms. The first kappa shape index (κ1) is 16.4. The number of aromatic nitrogens is 1. The monoisotopic (exact) mass is 328 g/mol. The summed E-state index contributed by atoms with van der Waals surface area (Å²) in [5.74, 6) is 0.0896. The summed E-state index contributed by atoms with van der Waals surface area (Å²) in [4.78, 5) is 25.7. The van der Waals surface area contributed by atoms with Gasteiger partial charge < -0.3 is 20.5 Å². The molecule has 1 fully saturated rings. The van der Waals surface area contributed by atoms with E-state index in [0.29, 0.717) is 13.1 Å². The fourth-order valence-electron chi connectivity index (χ4n) is 3.56. The van der Waals surface area contributed by atoms with E-state index in [1.807, 2.05) is 33.9 Å². The van der Waals surface area contributed by atoms with Crippen LogP contribution in [0.25, 0.3) is 10.9 Å². The van der Waals surface area contributed by atoms with Gasteiger partial charge in [-0.15, -0.1) is 0 Å². The van der Waals surface area contributed by atoms with Crippen LogP contribution in [0.4, 0.5) is 4.79 Å². The third-order valence-electron chi connectivity index (χ3n) is 4.75. The zero-order valence-corrected chi connectivity index (χ0v) is 14.0. The molecule has 1 aliphatic heterocycles. The van der Waals surface area contributed by atoms with Crippen molar-refractivity contribution >= 4 is 22.8 Å². The molecule has 0 saturated carbocycles. The smallest absolute Gasteiger partial charge is 0.312 e. The number of amides is 3. The standard InChI is InChI=1S/C18H24N4O2/c1-13-11-21(16-8-3-2-7-15(13)16)12-17(23)22-9-5-4-6-14(22)10-20-18(19)24/h2-3,7-8,11,14H,4-6,9-10,12H2,1H3,(H3,19,20,24). The van der Waals surface area contributed by atoms with Crippen LogP contribution in [0.2, 0.25) is 0 Å². The Kier molecular flexibility index (Phi) is 4.74. The second kappa shape index (κ2) is 6.95. The first-order valence-electron chi connectivity index (χ1n) is 8.43. The van der Waals surface area contributed by atoms with E-state index >= 15 is 0 Å². The fraction of sp³-hybridized carbons (Fsp3) is 0.444. The van der Waals surface area contributed by atoms with Crippen molar-refractivity contribution in [2.75, 3.05) is 13.1 Å². The molecule has 0 aliphatic carbocycles. The minimum atomic E-state index is -0.542. The van der Waals surface area contributed by atoms with Gasteiger partial charge in [0.1, 0.15) is 6.54 Å². The molecule has 1 aromatic carbocycles. The van der Waals surface area contributed by atoms with Crippen molar-refractivity contribution in [3.63, 3.8) is 0 Å². The molecule has 3 N–H and O–H groups in total. The van der Waals surface area contributed by atoms with E-state index in [-0.39, 0.29) is 11.9 Å². The summed E-state index contributed by atoms with van der Waals surface area (Å²) in [6, 6.07) is 7.60. The number of urea groups is 1. The summed E-state index contributed by atoms with van der Waals surface area (Å²) in [7, 11) is 0. The van der Waals surface area contributed by atoms with Crippen molar-refractivity contribution in [2.24, 2.45) is 5.73 Å². The van der Waals surface area contributed by atoms with Crippen molar-refractivity contribution in [1.29, 1.82) is 0 Å². The van der Waals surface area contributed by atoms with Crippen molar-refractivity contribution in [2.45, 2.75) is 38.8 Å². The maximum absolute atomic E-state index is 12.8. The molecule has 3 rings (SSSR count). The maximum Gasteiger partial charge on any atom is 0.312 e. The second-order valence-electron chi connectivity index (χ2n) is 6.44. The van der Waals surface area contributed by atoms with Crippen molar-refractivity contribution < 1.29 is 9.59 Å². The van der Waals surface area contributed by atoms with Gasteiger partial charge in [-0.05, 0) is 37.8 Å². The van der Waals surface area contributed by atoms with E-state index in [9.17, 15) is 9.59 Å². The van der Waals surface area contributed by atoms with E-state index in [4.69, 9.17) is 5.73 Å². The normalized spacial score (nSPS) is 17.9. The third-order valence-corrected chi connectivity index (χ3v) is 4.75. The molecule has 1 unspecified atom stereocenters. The zero-order chi connectivity index (χ0) is 17.1. The van der Waals surface area contributed by atoms with E-state index in [1.54, 1.807) is 0 Å².